The minimum Gasteiger partial charge on any atom is -0.450 e. The molecule has 2 aromatic rings. The number of ether oxygens (including phenoxy) is 1. The number of halogens is 1. The summed E-state index contributed by atoms with van der Waals surface area (Å²) in [6.07, 6.45) is 0.761. The Labute approximate surface area is 126 Å². The molecule has 0 bridgehead atoms. The highest BCUT2D eigenvalue weighted by atomic mass is 19.1. The highest BCUT2D eigenvalue weighted by Crippen LogP contribution is 2.16. The van der Waals surface area contributed by atoms with Crippen molar-refractivity contribution in [1.82, 2.24) is 9.97 Å². The lowest BCUT2D eigenvalue weighted by atomic mass is 10.2. The second kappa shape index (κ2) is 7.21. The van der Waals surface area contributed by atoms with E-state index in [1.54, 1.807) is 19.1 Å². The maximum absolute atomic E-state index is 12.8. The van der Waals surface area contributed by atoms with Crippen LogP contribution in [0.4, 0.5) is 26.6 Å². The van der Waals surface area contributed by atoms with Crippen LogP contribution < -0.4 is 16.4 Å². The van der Waals surface area contributed by atoms with Crippen molar-refractivity contribution in [1.29, 1.82) is 0 Å². The normalized spacial score (nSPS) is 10.1. The first-order chi connectivity index (χ1) is 10.6. The molecule has 4 N–H and O–H groups in total. The summed E-state index contributed by atoms with van der Waals surface area (Å²) in [7, 11) is 0. The lowest BCUT2D eigenvalue weighted by Gasteiger charge is -2.09. The molecule has 1 heterocycles. The van der Waals surface area contributed by atoms with Crippen molar-refractivity contribution in [2.45, 2.75) is 13.5 Å². The van der Waals surface area contributed by atoms with Gasteiger partial charge in [-0.25, -0.2) is 14.2 Å². The predicted molar refractivity (Wildman–Crippen MR) is 80.8 cm³/mol. The van der Waals surface area contributed by atoms with E-state index in [1.807, 2.05) is 0 Å². The Balaban J connectivity index is 1.97. The Hall–Kier alpha value is -2.90. The van der Waals surface area contributed by atoms with E-state index in [9.17, 15) is 9.18 Å². The molecule has 0 aliphatic carbocycles. The maximum atomic E-state index is 12.8. The fraction of sp³-hybridized carbons (Fsp3) is 0.214. The third-order valence-electron chi connectivity index (χ3n) is 2.69. The molecule has 1 aromatic carbocycles. The lowest BCUT2D eigenvalue weighted by Crippen LogP contribution is -2.16. The van der Waals surface area contributed by atoms with Crippen LogP contribution in [0.25, 0.3) is 0 Å². The molecule has 0 aliphatic rings. The minimum atomic E-state index is -0.621. The fourth-order valence-corrected chi connectivity index (χ4v) is 1.64. The lowest BCUT2D eigenvalue weighted by molar-refractivity contribution is 0.168. The van der Waals surface area contributed by atoms with Crippen molar-refractivity contribution >= 4 is 23.5 Å². The summed E-state index contributed by atoms with van der Waals surface area (Å²) < 4.78 is 17.5. The number of hydrogen-bond acceptors (Lipinski definition) is 6. The number of rotatable bonds is 5. The van der Waals surface area contributed by atoms with Gasteiger partial charge in [0.2, 0.25) is 5.95 Å². The molecule has 22 heavy (non-hydrogen) atoms. The van der Waals surface area contributed by atoms with Gasteiger partial charge >= 0.3 is 6.09 Å². The van der Waals surface area contributed by atoms with Crippen LogP contribution in [0.2, 0.25) is 0 Å². The van der Waals surface area contributed by atoms with Gasteiger partial charge in [0, 0.05) is 6.54 Å². The molecule has 0 aliphatic heterocycles. The molecule has 1 aromatic heterocycles. The number of carbonyl (C=O) groups is 1. The molecule has 2 rings (SSSR count). The quantitative estimate of drug-likeness (QED) is 0.784. The van der Waals surface area contributed by atoms with E-state index in [-0.39, 0.29) is 23.9 Å². The van der Waals surface area contributed by atoms with E-state index in [1.165, 1.54) is 18.3 Å². The average molecular weight is 305 g/mol. The molecule has 1 amide bonds. The van der Waals surface area contributed by atoms with Crippen molar-refractivity contribution in [2.24, 2.45) is 0 Å². The second-order valence-corrected chi connectivity index (χ2v) is 4.32. The van der Waals surface area contributed by atoms with Crippen LogP contribution in [0, 0.1) is 5.82 Å². The summed E-state index contributed by atoms with van der Waals surface area (Å²) >= 11 is 0. The molecule has 0 unspecified atom stereocenters. The predicted octanol–water partition coefficient (Wildman–Crippen LogP) is 2.38. The zero-order valence-electron chi connectivity index (χ0n) is 12.0. The number of carbonyl (C=O) groups excluding carboxylic acids is 1. The molecule has 8 heteroatoms. The SMILES string of the molecule is CCOC(=O)Nc1cnc(NCc2ccc(F)cc2)nc1N. The molecule has 0 radical (unpaired) electrons. The number of aromatic nitrogens is 2. The summed E-state index contributed by atoms with van der Waals surface area (Å²) in [5, 5.41) is 5.40. The van der Waals surface area contributed by atoms with Gasteiger partial charge in [-0.15, -0.1) is 0 Å². The number of hydrogen-bond donors (Lipinski definition) is 3. The molecule has 0 saturated heterocycles. The van der Waals surface area contributed by atoms with E-state index in [0.29, 0.717) is 12.5 Å². The highest BCUT2D eigenvalue weighted by molar-refractivity contribution is 5.87. The summed E-state index contributed by atoms with van der Waals surface area (Å²) in [5.74, 6) is 0.125. The molecule has 0 saturated carbocycles. The van der Waals surface area contributed by atoms with Crippen LogP contribution in [-0.4, -0.2) is 22.7 Å². The summed E-state index contributed by atoms with van der Waals surface area (Å²) in [5.41, 5.74) is 6.89. The number of nitrogen functional groups attached to an aromatic ring is 1. The summed E-state index contributed by atoms with van der Waals surface area (Å²) in [6.45, 7) is 2.37. The topological polar surface area (TPSA) is 102 Å². The van der Waals surface area contributed by atoms with Crippen LogP contribution >= 0.6 is 0 Å². The molecule has 116 valence electrons. The van der Waals surface area contributed by atoms with Gasteiger partial charge in [-0.2, -0.15) is 4.98 Å². The third-order valence-corrected chi connectivity index (χ3v) is 2.69. The van der Waals surface area contributed by atoms with Crippen LogP contribution in [-0.2, 0) is 11.3 Å². The number of nitrogens with zero attached hydrogens (tertiary/aromatic N) is 2. The zero-order valence-corrected chi connectivity index (χ0v) is 12.0. The van der Waals surface area contributed by atoms with E-state index in [0.717, 1.165) is 5.56 Å². The Bertz CT molecular complexity index is 648. The Morgan fingerprint density at radius 1 is 1.36 bits per heavy atom. The van der Waals surface area contributed by atoms with E-state index in [2.05, 4.69) is 20.6 Å². The van der Waals surface area contributed by atoms with Crippen molar-refractivity contribution in [3.05, 3.63) is 41.8 Å². The van der Waals surface area contributed by atoms with Crippen molar-refractivity contribution in [2.75, 3.05) is 23.0 Å². The molecular formula is C14H16FN5O2. The summed E-state index contributed by atoms with van der Waals surface area (Å²) in [6, 6.07) is 6.06. The number of nitrogens with one attached hydrogen (secondary N) is 2. The second-order valence-electron chi connectivity index (χ2n) is 4.32. The smallest absolute Gasteiger partial charge is 0.411 e. The first-order valence-electron chi connectivity index (χ1n) is 6.63. The molecular weight excluding hydrogens is 289 g/mol. The highest BCUT2D eigenvalue weighted by Gasteiger charge is 2.08. The Morgan fingerprint density at radius 2 is 2.09 bits per heavy atom. The Kier molecular flexibility index (Phi) is 5.07. The standard InChI is InChI=1S/C14H16FN5O2/c1-2-22-14(21)19-11-8-18-13(20-12(11)16)17-7-9-3-5-10(15)6-4-9/h3-6,8H,2,7H2,1H3,(H,19,21)(H3,16,17,18,20). The van der Waals surface area contributed by atoms with Gasteiger partial charge in [0.1, 0.15) is 11.5 Å². The molecule has 0 atom stereocenters. The minimum absolute atomic E-state index is 0.115. The molecule has 0 fully saturated rings. The number of amides is 1. The van der Waals surface area contributed by atoms with Crippen molar-refractivity contribution in [3.63, 3.8) is 0 Å². The van der Waals surface area contributed by atoms with Crippen LogP contribution in [0.15, 0.2) is 30.5 Å². The van der Waals surface area contributed by atoms with Gasteiger partial charge in [0.15, 0.2) is 5.82 Å². The van der Waals surface area contributed by atoms with Gasteiger partial charge in [-0.05, 0) is 24.6 Å². The van der Waals surface area contributed by atoms with Crippen molar-refractivity contribution < 1.29 is 13.9 Å². The first kappa shape index (κ1) is 15.5. The largest absolute Gasteiger partial charge is 0.450 e. The number of anilines is 3. The van der Waals surface area contributed by atoms with Gasteiger partial charge in [-0.3, -0.25) is 5.32 Å². The zero-order chi connectivity index (χ0) is 15.9. The molecule has 0 spiro atoms. The average Bonchev–Trinajstić information content (AvgIpc) is 2.49. The van der Waals surface area contributed by atoms with E-state index in [4.69, 9.17) is 10.5 Å². The van der Waals surface area contributed by atoms with E-state index >= 15 is 0 Å². The summed E-state index contributed by atoms with van der Waals surface area (Å²) in [4.78, 5) is 19.4. The number of nitrogens with two attached hydrogens (primary N) is 1. The van der Waals surface area contributed by atoms with Crippen LogP contribution in [0.3, 0.4) is 0 Å². The molecule has 7 nitrogen and oxygen atoms in total. The van der Waals surface area contributed by atoms with Gasteiger partial charge < -0.3 is 15.8 Å². The Morgan fingerprint density at radius 3 is 2.73 bits per heavy atom. The number of benzene rings is 1. The van der Waals surface area contributed by atoms with Crippen LogP contribution in [0.1, 0.15) is 12.5 Å². The fourth-order valence-electron chi connectivity index (χ4n) is 1.64. The van der Waals surface area contributed by atoms with Crippen LogP contribution in [0.5, 0.6) is 0 Å². The maximum Gasteiger partial charge on any atom is 0.411 e. The third kappa shape index (κ3) is 4.30. The van der Waals surface area contributed by atoms with Gasteiger partial charge in [0.05, 0.1) is 12.8 Å². The van der Waals surface area contributed by atoms with Gasteiger partial charge in [0.25, 0.3) is 0 Å². The van der Waals surface area contributed by atoms with Gasteiger partial charge in [-0.1, -0.05) is 12.1 Å². The van der Waals surface area contributed by atoms with E-state index < -0.39 is 6.09 Å². The first-order valence-corrected chi connectivity index (χ1v) is 6.63. The van der Waals surface area contributed by atoms with Crippen molar-refractivity contribution in [3.8, 4) is 0 Å². The monoisotopic (exact) mass is 305 g/mol.